The summed E-state index contributed by atoms with van der Waals surface area (Å²) < 4.78 is 6.08. The molecule has 0 atom stereocenters. The van der Waals surface area contributed by atoms with E-state index in [1.165, 1.54) is 18.2 Å². The molecule has 0 saturated heterocycles. The van der Waals surface area contributed by atoms with Crippen LogP contribution in [0, 0.1) is 0 Å². The lowest BCUT2D eigenvalue weighted by molar-refractivity contribution is 0.470. The summed E-state index contributed by atoms with van der Waals surface area (Å²) in [6.45, 7) is 0. The molecule has 0 bridgehead atoms. The first-order chi connectivity index (χ1) is 9.58. The normalized spacial score (nSPS) is 10.9. The van der Waals surface area contributed by atoms with E-state index in [-0.39, 0.29) is 11.2 Å². The molecule has 20 heavy (non-hydrogen) atoms. The number of benzene rings is 2. The van der Waals surface area contributed by atoms with Gasteiger partial charge in [0.1, 0.15) is 16.0 Å². The van der Waals surface area contributed by atoms with E-state index in [1.807, 2.05) is 6.07 Å². The number of rotatable bonds is 1. The van der Waals surface area contributed by atoms with Gasteiger partial charge >= 0.3 is 0 Å². The van der Waals surface area contributed by atoms with Crippen LogP contribution in [0.1, 0.15) is 0 Å². The van der Waals surface area contributed by atoms with E-state index >= 15 is 0 Å². The van der Waals surface area contributed by atoms with E-state index in [4.69, 9.17) is 16.0 Å². The fraction of sp³-hybridized carbons (Fsp3) is 0. The molecule has 0 aliphatic rings. The molecule has 2 aromatic carbocycles. The zero-order valence-corrected chi connectivity index (χ0v) is 12.4. The van der Waals surface area contributed by atoms with Crippen LogP contribution in [0.3, 0.4) is 0 Å². The summed E-state index contributed by atoms with van der Waals surface area (Å²) in [5.41, 5.74) is 0.734. The molecule has 3 aromatic rings. The Bertz CT molecular complexity index is 871. The van der Waals surface area contributed by atoms with Gasteiger partial charge in [0.2, 0.25) is 0 Å². The summed E-state index contributed by atoms with van der Waals surface area (Å²) in [6, 6.07) is 11.5. The van der Waals surface area contributed by atoms with Crippen LogP contribution in [0.2, 0.25) is 5.02 Å². The average Bonchev–Trinajstić information content (AvgIpc) is 2.43. The number of aromatic hydroxyl groups is 1. The molecule has 0 unspecified atom stereocenters. The average molecular weight is 352 g/mol. The van der Waals surface area contributed by atoms with Gasteiger partial charge in [0.25, 0.3) is 0 Å². The fourth-order valence-corrected chi connectivity index (χ4v) is 2.63. The minimum absolute atomic E-state index is 0.0111. The Morgan fingerprint density at radius 2 is 1.90 bits per heavy atom. The van der Waals surface area contributed by atoms with Gasteiger partial charge in [0, 0.05) is 11.6 Å². The van der Waals surface area contributed by atoms with E-state index in [0.717, 1.165) is 0 Å². The third-order valence-electron chi connectivity index (χ3n) is 2.96. The van der Waals surface area contributed by atoms with Crippen LogP contribution in [-0.2, 0) is 0 Å². The summed E-state index contributed by atoms with van der Waals surface area (Å²) >= 11 is 9.33. The van der Waals surface area contributed by atoms with Crippen molar-refractivity contribution in [1.82, 2.24) is 0 Å². The van der Waals surface area contributed by atoms with Gasteiger partial charge in [0.05, 0.1) is 10.4 Å². The standard InChI is InChI=1S/C15H8BrClO3/c16-14-11(18)6-5-9-12(19)7-13(20-15(9)14)8-3-1-2-4-10(8)17/h1-7,18H. The second-order valence-electron chi connectivity index (χ2n) is 4.23. The second kappa shape index (κ2) is 4.96. The van der Waals surface area contributed by atoms with Crippen molar-refractivity contribution < 1.29 is 9.52 Å². The largest absolute Gasteiger partial charge is 0.507 e. The molecular formula is C15H8BrClO3. The molecule has 0 saturated carbocycles. The van der Waals surface area contributed by atoms with Crippen LogP contribution < -0.4 is 5.43 Å². The number of fused-ring (bicyclic) bond motifs is 1. The lowest BCUT2D eigenvalue weighted by Crippen LogP contribution is -2.00. The Kier molecular flexibility index (Phi) is 3.28. The molecular weight excluding hydrogens is 344 g/mol. The van der Waals surface area contributed by atoms with Crippen LogP contribution in [0.25, 0.3) is 22.3 Å². The van der Waals surface area contributed by atoms with Crippen molar-refractivity contribution in [2.24, 2.45) is 0 Å². The van der Waals surface area contributed by atoms with E-state index in [2.05, 4.69) is 15.9 Å². The fourth-order valence-electron chi connectivity index (χ4n) is 1.97. The van der Waals surface area contributed by atoms with Crippen LogP contribution in [0.4, 0.5) is 0 Å². The van der Waals surface area contributed by atoms with Crippen LogP contribution in [0.5, 0.6) is 5.75 Å². The van der Waals surface area contributed by atoms with Crippen molar-refractivity contribution in [2.75, 3.05) is 0 Å². The van der Waals surface area contributed by atoms with Crippen LogP contribution in [0.15, 0.2) is 56.1 Å². The van der Waals surface area contributed by atoms with Gasteiger partial charge in [-0.3, -0.25) is 4.79 Å². The Morgan fingerprint density at radius 1 is 1.15 bits per heavy atom. The Labute approximate surface area is 127 Å². The van der Waals surface area contributed by atoms with Gasteiger partial charge in [-0.2, -0.15) is 0 Å². The zero-order valence-electron chi connectivity index (χ0n) is 10.1. The molecule has 0 aliphatic carbocycles. The van der Waals surface area contributed by atoms with Gasteiger partial charge in [0.15, 0.2) is 11.0 Å². The quantitative estimate of drug-likeness (QED) is 0.698. The van der Waals surface area contributed by atoms with E-state index in [9.17, 15) is 9.90 Å². The Morgan fingerprint density at radius 3 is 2.65 bits per heavy atom. The third-order valence-corrected chi connectivity index (χ3v) is 4.05. The van der Waals surface area contributed by atoms with Crippen molar-refractivity contribution >= 4 is 38.5 Å². The molecule has 1 heterocycles. The molecule has 3 rings (SSSR count). The summed E-state index contributed by atoms with van der Waals surface area (Å²) in [5.74, 6) is 0.372. The molecule has 0 radical (unpaired) electrons. The molecule has 1 aromatic heterocycles. The minimum atomic E-state index is -0.193. The number of hydrogen-bond acceptors (Lipinski definition) is 3. The van der Waals surface area contributed by atoms with Gasteiger partial charge in [-0.15, -0.1) is 0 Å². The lowest BCUT2D eigenvalue weighted by Gasteiger charge is -2.06. The van der Waals surface area contributed by atoms with E-state index in [0.29, 0.717) is 31.8 Å². The topological polar surface area (TPSA) is 50.4 Å². The highest BCUT2D eigenvalue weighted by Crippen LogP contribution is 2.34. The summed E-state index contributed by atoms with van der Waals surface area (Å²) in [5, 5.41) is 10.6. The highest BCUT2D eigenvalue weighted by atomic mass is 79.9. The van der Waals surface area contributed by atoms with Crippen molar-refractivity contribution in [3.63, 3.8) is 0 Å². The summed E-state index contributed by atoms with van der Waals surface area (Å²) in [4.78, 5) is 12.1. The maximum absolute atomic E-state index is 12.1. The predicted molar refractivity (Wildman–Crippen MR) is 82.3 cm³/mol. The molecule has 3 nitrogen and oxygen atoms in total. The third kappa shape index (κ3) is 2.11. The number of halogens is 2. The van der Waals surface area contributed by atoms with Crippen molar-refractivity contribution in [3.8, 4) is 17.1 Å². The molecule has 100 valence electrons. The lowest BCUT2D eigenvalue weighted by atomic mass is 10.1. The maximum Gasteiger partial charge on any atom is 0.193 e. The summed E-state index contributed by atoms with van der Waals surface area (Å²) in [7, 11) is 0. The van der Waals surface area contributed by atoms with Gasteiger partial charge in [-0.05, 0) is 40.2 Å². The first-order valence-electron chi connectivity index (χ1n) is 5.78. The highest BCUT2D eigenvalue weighted by molar-refractivity contribution is 9.10. The van der Waals surface area contributed by atoms with Crippen LogP contribution in [-0.4, -0.2) is 5.11 Å². The number of hydrogen-bond donors (Lipinski definition) is 1. The maximum atomic E-state index is 12.1. The monoisotopic (exact) mass is 350 g/mol. The molecule has 0 spiro atoms. The van der Waals surface area contributed by atoms with Gasteiger partial charge in [-0.1, -0.05) is 23.7 Å². The zero-order chi connectivity index (χ0) is 14.3. The van der Waals surface area contributed by atoms with Gasteiger partial charge in [-0.25, -0.2) is 0 Å². The first-order valence-corrected chi connectivity index (χ1v) is 6.95. The molecule has 0 amide bonds. The smallest absolute Gasteiger partial charge is 0.193 e. The molecule has 1 N–H and O–H groups in total. The number of phenols is 1. The molecule has 0 fully saturated rings. The van der Waals surface area contributed by atoms with Crippen molar-refractivity contribution in [3.05, 3.63) is 62.2 Å². The molecule has 5 heteroatoms. The number of phenolic OH excluding ortho intramolecular Hbond substituents is 1. The highest BCUT2D eigenvalue weighted by Gasteiger charge is 2.13. The Balaban J connectivity index is 2.38. The van der Waals surface area contributed by atoms with Crippen molar-refractivity contribution in [1.29, 1.82) is 0 Å². The van der Waals surface area contributed by atoms with Gasteiger partial charge < -0.3 is 9.52 Å². The van der Waals surface area contributed by atoms with Crippen molar-refractivity contribution in [2.45, 2.75) is 0 Å². The SMILES string of the molecule is O=c1cc(-c2ccccc2Cl)oc2c(Br)c(O)ccc12. The predicted octanol–water partition coefficient (Wildman–Crippen LogP) is 4.58. The van der Waals surface area contributed by atoms with Crippen LogP contribution >= 0.6 is 27.5 Å². The van der Waals surface area contributed by atoms with E-state index in [1.54, 1.807) is 18.2 Å². The first kappa shape index (κ1) is 13.2. The second-order valence-corrected chi connectivity index (χ2v) is 5.43. The molecule has 0 aliphatic heterocycles. The van der Waals surface area contributed by atoms with E-state index < -0.39 is 0 Å². The minimum Gasteiger partial charge on any atom is -0.507 e. The summed E-state index contributed by atoms with van der Waals surface area (Å²) in [6.07, 6.45) is 0. The Hall–Kier alpha value is -1.78.